The molecule has 1 aromatic heterocycles. The van der Waals surface area contributed by atoms with Crippen LogP contribution in [-0.4, -0.2) is 29.0 Å². The van der Waals surface area contributed by atoms with E-state index in [-0.39, 0.29) is 11.7 Å². The number of hydrogen-bond donors (Lipinski definition) is 3. The number of H-pyrrole nitrogens is 1. The minimum absolute atomic E-state index is 0.222. The van der Waals surface area contributed by atoms with Crippen LogP contribution >= 0.6 is 0 Å². The molecule has 1 fully saturated rings. The molecule has 1 aromatic carbocycles. The van der Waals surface area contributed by atoms with Gasteiger partial charge in [-0.05, 0) is 30.9 Å². The molecule has 22 heavy (non-hydrogen) atoms. The van der Waals surface area contributed by atoms with E-state index in [4.69, 9.17) is 5.73 Å². The number of benzene rings is 1. The quantitative estimate of drug-likeness (QED) is 0.812. The summed E-state index contributed by atoms with van der Waals surface area (Å²) >= 11 is 0. The summed E-state index contributed by atoms with van der Waals surface area (Å²) < 4.78 is 0. The van der Waals surface area contributed by atoms with E-state index in [1.165, 1.54) is 19.0 Å². The molecular formula is C16H21N5O. The first-order valence-electron chi connectivity index (χ1n) is 7.59. The molecule has 4 N–H and O–H groups in total. The molecule has 3 rings (SSSR count). The summed E-state index contributed by atoms with van der Waals surface area (Å²) in [5.41, 5.74) is 7.40. The Kier molecular flexibility index (Phi) is 4.00. The van der Waals surface area contributed by atoms with Crippen LogP contribution in [0.25, 0.3) is 0 Å². The Morgan fingerprint density at radius 1 is 1.36 bits per heavy atom. The van der Waals surface area contributed by atoms with Crippen molar-refractivity contribution in [1.82, 2.24) is 9.97 Å². The van der Waals surface area contributed by atoms with E-state index in [0.29, 0.717) is 5.82 Å². The maximum Gasteiger partial charge on any atom is 0.291 e. The van der Waals surface area contributed by atoms with Gasteiger partial charge in [0.2, 0.25) is 0 Å². The Hall–Kier alpha value is -2.50. The van der Waals surface area contributed by atoms with Gasteiger partial charge >= 0.3 is 0 Å². The third-order valence-corrected chi connectivity index (χ3v) is 4.09. The number of imidazole rings is 1. The van der Waals surface area contributed by atoms with Gasteiger partial charge in [-0.2, -0.15) is 0 Å². The number of amides is 1. The van der Waals surface area contributed by atoms with Gasteiger partial charge in [0.25, 0.3) is 5.91 Å². The third-order valence-electron chi connectivity index (χ3n) is 4.09. The number of anilines is 3. The van der Waals surface area contributed by atoms with Crippen molar-refractivity contribution < 1.29 is 4.79 Å². The summed E-state index contributed by atoms with van der Waals surface area (Å²) in [7, 11) is 0. The van der Waals surface area contributed by atoms with Crippen LogP contribution in [0.5, 0.6) is 0 Å². The number of piperidine rings is 1. The normalized spacial score (nSPS) is 15.8. The van der Waals surface area contributed by atoms with Crippen LogP contribution in [0, 0.1) is 5.92 Å². The van der Waals surface area contributed by atoms with E-state index in [2.05, 4.69) is 27.1 Å². The molecule has 6 heteroatoms. The molecule has 0 bridgehead atoms. The molecule has 0 unspecified atom stereocenters. The fourth-order valence-corrected chi connectivity index (χ4v) is 2.74. The Morgan fingerprint density at radius 2 is 2.09 bits per heavy atom. The lowest BCUT2D eigenvalue weighted by molar-refractivity contribution is 0.101. The largest absolute Gasteiger partial charge is 0.382 e. The van der Waals surface area contributed by atoms with Crippen LogP contribution in [0.15, 0.2) is 30.5 Å². The van der Waals surface area contributed by atoms with E-state index in [1.807, 2.05) is 24.3 Å². The maximum atomic E-state index is 12.2. The van der Waals surface area contributed by atoms with E-state index in [0.717, 1.165) is 30.4 Å². The van der Waals surface area contributed by atoms with Crippen LogP contribution in [0.3, 0.4) is 0 Å². The molecule has 6 nitrogen and oxygen atoms in total. The van der Waals surface area contributed by atoms with Gasteiger partial charge < -0.3 is 20.9 Å². The van der Waals surface area contributed by atoms with Crippen molar-refractivity contribution in [3.63, 3.8) is 0 Å². The zero-order valence-corrected chi connectivity index (χ0v) is 12.7. The summed E-state index contributed by atoms with van der Waals surface area (Å²) in [6, 6.07) is 7.87. The first-order valence-corrected chi connectivity index (χ1v) is 7.59. The molecule has 1 saturated heterocycles. The van der Waals surface area contributed by atoms with Gasteiger partial charge in [-0.3, -0.25) is 4.79 Å². The number of para-hydroxylation sites is 2. The second-order valence-corrected chi connectivity index (χ2v) is 5.81. The molecule has 116 valence electrons. The Bertz CT molecular complexity index is 658. The van der Waals surface area contributed by atoms with Gasteiger partial charge in [-0.1, -0.05) is 19.1 Å². The Balaban J connectivity index is 1.78. The van der Waals surface area contributed by atoms with Crippen molar-refractivity contribution in [3.8, 4) is 0 Å². The predicted octanol–water partition coefficient (Wildman–Crippen LogP) is 2.48. The average molecular weight is 299 g/mol. The lowest BCUT2D eigenvalue weighted by Gasteiger charge is -2.33. The molecule has 0 atom stereocenters. The second-order valence-electron chi connectivity index (χ2n) is 5.81. The molecule has 0 spiro atoms. The molecule has 1 aliphatic rings. The van der Waals surface area contributed by atoms with E-state index in [1.54, 1.807) is 0 Å². The van der Waals surface area contributed by atoms with Crippen molar-refractivity contribution >= 4 is 23.1 Å². The summed E-state index contributed by atoms with van der Waals surface area (Å²) in [6.45, 7) is 4.32. The van der Waals surface area contributed by atoms with Crippen molar-refractivity contribution in [3.05, 3.63) is 36.3 Å². The second kappa shape index (κ2) is 6.09. The standard InChI is InChI=1S/C16H21N5O/c1-11-6-8-21(9-7-11)13-5-3-2-4-12(13)19-16(22)15-18-10-14(17)20-15/h2-5,10-11H,6-9,17H2,1H3,(H,18,20)(H,19,22). The van der Waals surface area contributed by atoms with Gasteiger partial charge in [-0.25, -0.2) is 4.98 Å². The molecule has 0 radical (unpaired) electrons. The predicted molar refractivity (Wildman–Crippen MR) is 88.0 cm³/mol. The highest BCUT2D eigenvalue weighted by Gasteiger charge is 2.19. The van der Waals surface area contributed by atoms with Crippen LogP contribution in [0.4, 0.5) is 17.2 Å². The average Bonchev–Trinajstić information content (AvgIpc) is 2.95. The molecular weight excluding hydrogens is 278 g/mol. The minimum atomic E-state index is -0.283. The minimum Gasteiger partial charge on any atom is -0.382 e. The fourth-order valence-electron chi connectivity index (χ4n) is 2.74. The van der Waals surface area contributed by atoms with Crippen LogP contribution in [-0.2, 0) is 0 Å². The Morgan fingerprint density at radius 3 is 2.77 bits per heavy atom. The lowest BCUT2D eigenvalue weighted by Crippen LogP contribution is -2.33. The van der Waals surface area contributed by atoms with Gasteiger partial charge in [-0.15, -0.1) is 0 Å². The van der Waals surface area contributed by atoms with Gasteiger partial charge in [0.1, 0.15) is 5.82 Å². The van der Waals surface area contributed by atoms with Crippen molar-refractivity contribution in [2.75, 3.05) is 29.0 Å². The number of rotatable bonds is 3. The highest BCUT2D eigenvalue weighted by molar-refractivity contribution is 6.03. The lowest BCUT2D eigenvalue weighted by atomic mass is 9.98. The number of carbonyl (C=O) groups is 1. The van der Waals surface area contributed by atoms with Crippen LogP contribution < -0.4 is 16.0 Å². The smallest absolute Gasteiger partial charge is 0.291 e. The summed E-state index contributed by atoms with van der Waals surface area (Å²) in [5.74, 6) is 1.02. The zero-order chi connectivity index (χ0) is 15.5. The first kappa shape index (κ1) is 14.4. The molecule has 0 saturated carbocycles. The monoisotopic (exact) mass is 299 g/mol. The highest BCUT2D eigenvalue weighted by atomic mass is 16.2. The van der Waals surface area contributed by atoms with E-state index < -0.39 is 0 Å². The van der Waals surface area contributed by atoms with E-state index in [9.17, 15) is 4.79 Å². The molecule has 1 aliphatic heterocycles. The molecule has 0 aliphatic carbocycles. The Labute approximate surface area is 129 Å². The molecule has 1 amide bonds. The topological polar surface area (TPSA) is 87.0 Å². The number of nitrogens with two attached hydrogens (primary N) is 1. The summed E-state index contributed by atoms with van der Waals surface area (Å²) in [6.07, 6.45) is 3.86. The highest BCUT2D eigenvalue weighted by Crippen LogP contribution is 2.29. The number of aromatic nitrogens is 2. The molecule has 2 aromatic rings. The molecule has 2 heterocycles. The van der Waals surface area contributed by atoms with Gasteiger partial charge in [0, 0.05) is 19.3 Å². The number of nitrogens with one attached hydrogen (secondary N) is 2. The van der Waals surface area contributed by atoms with E-state index >= 15 is 0 Å². The summed E-state index contributed by atoms with van der Waals surface area (Å²) in [5, 5.41) is 2.92. The van der Waals surface area contributed by atoms with Gasteiger partial charge in [0.15, 0.2) is 5.82 Å². The number of nitrogens with zero attached hydrogens (tertiary/aromatic N) is 2. The zero-order valence-electron chi connectivity index (χ0n) is 12.7. The van der Waals surface area contributed by atoms with Crippen LogP contribution in [0.2, 0.25) is 0 Å². The van der Waals surface area contributed by atoms with Crippen molar-refractivity contribution in [2.24, 2.45) is 5.92 Å². The third kappa shape index (κ3) is 3.05. The number of aromatic amines is 1. The fraction of sp³-hybridized carbons (Fsp3) is 0.375. The van der Waals surface area contributed by atoms with Gasteiger partial charge in [0.05, 0.1) is 11.4 Å². The number of nitrogen functional groups attached to an aromatic ring is 1. The van der Waals surface area contributed by atoms with Crippen LogP contribution in [0.1, 0.15) is 30.4 Å². The maximum absolute atomic E-state index is 12.2. The first-order chi connectivity index (χ1) is 10.6. The van der Waals surface area contributed by atoms with Crippen molar-refractivity contribution in [2.45, 2.75) is 19.8 Å². The number of carbonyl (C=O) groups excluding carboxylic acids is 1. The summed E-state index contributed by atoms with van der Waals surface area (Å²) in [4.78, 5) is 21.3. The van der Waals surface area contributed by atoms with Crippen molar-refractivity contribution in [1.29, 1.82) is 0 Å². The SMILES string of the molecule is CC1CCN(c2ccccc2NC(=O)c2nc(N)c[nH]2)CC1. The number of hydrogen-bond acceptors (Lipinski definition) is 4.